The number of fused-ring (bicyclic) bond motifs is 1. The average molecular weight is 396 g/mol. The van der Waals surface area contributed by atoms with Gasteiger partial charge in [0.05, 0.1) is 12.7 Å². The van der Waals surface area contributed by atoms with E-state index in [2.05, 4.69) is 83.4 Å². The molecular weight excluding hydrogens is 366 g/mol. The predicted octanol–water partition coefficient (Wildman–Crippen LogP) is 5.80. The molecule has 0 amide bonds. The zero-order valence-electron chi connectivity index (χ0n) is 17.4. The van der Waals surface area contributed by atoms with Crippen molar-refractivity contribution in [3.05, 3.63) is 107 Å². The molecule has 3 aliphatic carbocycles. The summed E-state index contributed by atoms with van der Waals surface area (Å²) in [6.45, 7) is 1.93. The molecule has 0 aliphatic heterocycles. The Kier molecular flexibility index (Phi) is 5.52. The smallest absolute Gasteiger partial charge is 0.0659 e. The van der Waals surface area contributed by atoms with Crippen molar-refractivity contribution in [2.75, 3.05) is 6.54 Å². The lowest BCUT2D eigenvalue weighted by Gasteiger charge is -2.16. The molecule has 30 heavy (non-hydrogen) atoms. The summed E-state index contributed by atoms with van der Waals surface area (Å²) in [7, 11) is 0. The van der Waals surface area contributed by atoms with Gasteiger partial charge < -0.3 is 5.32 Å². The van der Waals surface area contributed by atoms with Crippen LogP contribution in [0.3, 0.4) is 0 Å². The van der Waals surface area contributed by atoms with Crippen LogP contribution in [0.2, 0.25) is 0 Å². The fraction of sp³-hybridized carbons (Fsp3) is 0.296. The summed E-state index contributed by atoms with van der Waals surface area (Å²) in [5.74, 6) is 0.891. The van der Waals surface area contributed by atoms with Gasteiger partial charge in [-0.3, -0.25) is 4.68 Å². The summed E-state index contributed by atoms with van der Waals surface area (Å²) in [4.78, 5) is 0. The van der Waals surface area contributed by atoms with Crippen LogP contribution in [0.1, 0.15) is 43.2 Å². The van der Waals surface area contributed by atoms with Crippen LogP contribution in [-0.4, -0.2) is 16.3 Å². The Morgan fingerprint density at radius 3 is 2.70 bits per heavy atom. The van der Waals surface area contributed by atoms with Crippen molar-refractivity contribution in [2.24, 2.45) is 5.92 Å². The molecule has 3 nitrogen and oxygen atoms in total. The minimum absolute atomic E-state index is 0.808. The zero-order chi connectivity index (χ0) is 20.2. The third kappa shape index (κ3) is 4.73. The molecule has 2 aromatic rings. The molecule has 1 fully saturated rings. The van der Waals surface area contributed by atoms with Gasteiger partial charge in [0.15, 0.2) is 0 Å². The second kappa shape index (κ2) is 8.74. The van der Waals surface area contributed by atoms with Crippen molar-refractivity contribution >= 4 is 5.57 Å². The topological polar surface area (TPSA) is 29.9 Å². The number of nitrogens with zero attached hydrogens (tertiary/aromatic N) is 2. The van der Waals surface area contributed by atoms with Crippen LogP contribution in [0.25, 0.3) is 5.57 Å². The van der Waals surface area contributed by atoms with Gasteiger partial charge in [-0.25, -0.2) is 0 Å². The molecule has 1 N–H and O–H groups in total. The minimum Gasteiger partial charge on any atom is -0.385 e. The van der Waals surface area contributed by atoms with E-state index in [-0.39, 0.29) is 0 Å². The van der Waals surface area contributed by atoms with E-state index in [0.29, 0.717) is 0 Å². The lowest BCUT2D eigenvalue weighted by atomic mass is 9.89. The van der Waals surface area contributed by atoms with Crippen molar-refractivity contribution in [2.45, 2.75) is 38.6 Å². The standard InChI is InChI=1S/C27H29N3/c1-2-6-22(7-3-1)19-30-20-26(18-29-30)25-13-12-23-14-15-27(28-17-21-10-11-21)9-5-4-8-24(23)16-25/h1-3,6-9,12-15,18,20-21,28H,4-5,10-11,16-17,19H2/b15-14-,24-8-,27-9+. The first-order valence-electron chi connectivity index (χ1n) is 11.1. The molecule has 0 bridgehead atoms. The fourth-order valence-electron chi connectivity index (χ4n) is 4.06. The van der Waals surface area contributed by atoms with Crippen LogP contribution >= 0.6 is 0 Å². The van der Waals surface area contributed by atoms with E-state index in [9.17, 15) is 0 Å². The fourth-order valence-corrected chi connectivity index (χ4v) is 4.06. The number of aromatic nitrogens is 2. The van der Waals surface area contributed by atoms with Gasteiger partial charge in [-0.15, -0.1) is 0 Å². The first-order chi connectivity index (χ1) is 14.8. The van der Waals surface area contributed by atoms with Gasteiger partial charge in [0, 0.05) is 24.0 Å². The van der Waals surface area contributed by atoms with Crippen molar-refractivity contribution < 1.29 is 0 Å². The van der Waals surface area contributed by atoms with Crippen molar-refractivity contribution in [3.63, 3.8) is 0 Å². The lowest BCUT2D eigenvalue weighted by molar-refractivity contribution is 0.687. The van der Waals surface area contributed by atoms with E-state index in [4.69, 9.17) is 0 Å². The monoisotopic (exact) mass is 395 g/mol. The molecule has 5 rings (SSSR count). The van der Waals surface area contributed by atoms with Crippen LogP contribution in [0.5, 0.6) is 0 Å². The van der Waals surface area contributed by atoms with E-state index >= 15 is 0 Å². The maximum Gasteiger partial charge on any atom is 0.0659 e. The Morgan fingerprint density at radius 2 is 1.83 bits per heavy atom. The summed E-state index contributed by atoms with van der Waals surface area (Å²) < 4.78 is 2.03. The minimum atomic E-state index is 0.808. The summed E-state index contributed by atoms with van der Waals surface area (Å²) in [6.07, 6.45) is 23.9. The highest BCUT2D eigenvalue weighted by Gasteiger charge is 2.20. The summed E-state index contributed by atoms with van der Waals surface area (Å²) >= 11 is 0. The highest BCUT2D eigenvalue weighted by Crippen LogP contribution is 2.33. The maximum atomic E-state index is 4.59. The number of allylic oxidation sites excluding steroid dienone is 9. The van der Waals surface area contributed by atoms with Gasteiger partial charge in [0.1, 0.15) is 0 Å². The first kappa shape index (κ1) is 18.9. The van der Waals surface area contributed by atoms with Crippen molar-refractivity contribution in [1.29, 1.82) is 0 Å². The van der Waals surface area contributed by atoms with Crippen LogP contribution in [0.15, 0.2) is 96.0 Å². The van der Waals surface area contributed by atoms with Crippen molar-refractivity contribution in [3.8, 4) is 0 Å². The van der Waals surface area contributed by atoms with E-state index < -0.39 is 0 Å². The van der Waals surface area contributed by atoms with Crippen LogP contribution < -0.4 is 5.32 Å². The normalized spacial score (nSPS) is 23.3. The van der Waals surface area contributed by atoms with Gasteiger partial charge >= 0.3 is 0 Å². The largest absolute Gasteiger partial charge is 0.385 e. The molecule has 0 spiro atoms. The molecule has 0 saturated heterocycles. The summed E-state index contributed by atoms with van der Waals surface area (Å²) in [5.41, 5.74) is 7.87. The van der Waals surface area contributed by atoms with Gasteiger partial charge in [0.25, 0.3) is 0 Å². The van der Waals surface area contributed by atoms with Crippen LogP contribution in [0, 0.1) is 5.92 Å². The molecule has 1 aromatic heterocycles. The molecule has 1 aromatic carbocycles. The summed E-state index contributed by atoms with van der Waals surface area (Å²) in [6, 6.07) is 10.5. The Hall–Kier alpha value is -3.07. The van der Waals surface area contributed by atoms with Gasteiger partial charge in [-0.1, -0.05) is 60.7 Å². The molecule has 0 radical (unpaired) electrons. The van der Waals surface area contributed by atoms with Crippen LogP contribution in [0.4, 0.5) is 0 Å². The highest BCUT2D eigenvalue weighted by atomic mass is 15.3. The molecular formula is C27H29N3. The highest BCUT2D eigenvalue weighted by molar-refractivity contribution is 5.73. The Labute approximate surface area is 179 Å². The number of nitrogens with one attached hydrogen (secondary N) is 1. The van der Waals surface area contributed by atoms with Crippen molar-refractivity contribution in [1.82, 2.24) is 15.1 Å². The third-order valence-corrected chi connectivity index (χ3v) is 6.06. The number of hydrogen-bond acceptors (Lipinski definition) is 2. The average Bonchev–Trinajstić information content (AvgIpc) is 3.47. The molecule has 1 heterocycles. The molecule has 152 valence electrons. The zero-order valence-corrected chi connectivity index (χ0v) is 17.4. The maximum absolute atomic E-state index is 4.59. The molecule has 0 unspecified atom stereocenters. The van der Waals surface area contributed by atoms with E-state index in [1.54, 1.807) is 0 Å². The summed E-state index contributed by atoms with van der Waals surface area (Å²) in [5, 5.41) is 8.22. The van der Waals surface area contributed by atoms with E-state index in [1.165, 1.54) is 46.4 Å². The molecule has 3 aliphatic rings. The Morgan fingerprint density at radius 1 is 0.967 bits per heavy atom. The number of rotatable bonds is 6. The first-order valence-corrected chi connectivity index (χ1v) is 11.1. The second-order valence-corrected chi connectivity index (χ2v) is 8.53. The Bertz CT molecular complexity index is 1040. The molecule has 1 saturated carbocycles. The predicted molar refractivity (Wildman–Crippen MR) is 124 cm³/mol. The number of benzene rings is 1. The Balaban J connectivity index is 1.30. The lowest BCUT2D eigenvalue weighted by Crippen LogP contribution is -2.14. The van der Waals surface area contributed by atoms with E-state index in [1.807, 2.05) is 10.9 Å². The quantitative estimate of drug-likeness (QED) is 0.669. The van der Waals surface area contributed by atoms with Gasteiger partial charge in [0.2, 0.25) is 0 Å². The number of hydrogen-bond donors (Lipinski definition) is 1. The SMILES string of the molecule is C1=C2/C=C\C(NCC3CC3)=C/CC/C=C\2CC(c2cnn(Cc3ccccc3)c2)=C1. The molecule has 0 atom stereocenters. The third-order valence-electron chi connectivity index (χ3n) is 6.06. The van der Waals surface area contributed by atoms with E-state index in [0.717, 1.165) is 38.3 Å². The second-order valence-electron chi connectivity index (χ2n) is 8.53. The van der Waals surface area contributed by atoms with Gasteiger partial charge in [-0.2, -0.15) is 5.10 Å². The van der Waals surface area contributed by atoms with Crippen LogP contribution in [-0.2, 0) is 6.54 Å². The molecule has 3 heteroatoms. The van der Waals surface area contributed by atoms with Gasteiger partial charge in [-0.05, 0) is 66.4 Å².